The Hall–Kier alpha value is -0.610. The van der Waals surface area contributed by atoms with E-state index in [0.29, 0.717) is 18.6 Å². The van der Waals surface area contributed by atoms with Crippen molar-refractivity contribution in [1.82, 2.24) is 15.5 Å². The molecule has 1 amide bonds. The molecular weight excluding hydrogens is 166 g/mol. The van der Waals surface area contributed by atoms with Gasteiger partial charge in [0.2, 0.25) is 5.91 Å². The Kier molecular flexibility index (Phi) is 3.69. The summed E-state index contributed by atoms with van der Waals surface area (Å²) in [7, 11) is 1.94. The lowest BCUT2D eigenvalue weighted by molar-refractivity contribution is -0.126. The molecule has 1 fully saturated rings. The number of piperazine rings is 1. The molecule has 0 saturated carbocycles. The number of hydrogen-bond acceptors (Lipinski definition) is 3. The van der Waals surface area contributed by atoms with Crippen LogP contribution in [-0.2, 0) is 4.79 Å². The van der Waals surface area contributed by atoms with Crippen LogP contribution in [0.1, 0.15) is 13.8 Å². The van der Waals surface area contributed by atoms with Crippen molar-refractivity contribution in [3.63, 3.8) is 0 Å². The molecule has 0 aliphatic carbocycles. The molecule has 0 bridgehead atoms. The second-order valence-corrected chi connectivity index (χ2v) is 3.73. The third-order valence-corrected chi connectivity index (χ3v) is 2.55. The summed E-state index contributed by atoms with van der Waals surface area (Å²) in [5.74, 6) is 0.140. The van der Waals surface area contributed by atoms with E-state index in [0.717, 1.165) is 13.1 Å². The Morgan fingerprint density at radius 2 is 2.46 bits per heavy atom. The Morgan fingerprint density at radius 3 is 3.08 bits per heavy atom. The van der Waals surface area contributed by atoms with Crippen molar-refractivity contribution in [3.8, 4) is 0 Å². The molecule has 0 aromatic carbocycles. The molecule has 2 atom stereocenters. The van der Waals surface area contributed by atoms with Crippen LogP contribution in [-0.4, -0.2) is 49.6 Å². The van der Waals surface area contributed by atoms with Gasteiger partial charge in [0.25, 0.3) is 0 Å². The largest absolute Gasteiger partial charge is 0.353 e. The van der Waals surface area contributed by atoms with E-state index in [9.17, 15) is 4.79 Å². The maximum Gasteiger partial charge on any atom is 0.234 e. The highest BCUT2D eigenvalue weighted by Gasteiger charge is 2.26. The van der Waals surface area contributed by atoms with Gasteiger partial charge < -0.3 is 10.6 Å². The topological polar surface area (TPSA) is 44.4 Å². The van der Waals surface area contributed by atoms with Gasteiger partial charge in [-0.25, -0.2) is 0 Å². The molecule has 1 aliphatic heterocycles. The first-order valence-corrected chi connectivity index (χ1v) is 4.82. The Balaban J connectivity index is 2.49. The number of carbonyl (C=O) groups excluding carboxylic acids is 1. The van der Waals surface area contributed by atoms with Crippen LogP contribution in [0.3, 0.4) is 0 Å². The number of hydrogen-bond donors (Lipinski definition) is 2. The Bertz CT molecular complexity index is 184. The van der Waals surface area contributed by atoms with Crippen molar-refractivity contribution in [2.45, 2.75) is 25.9 Å². The van der Waals surface area contributed by atoms with E-state index in [1.165, 1.54) is 0 Å². The fourth-order valence-corrected chi connectivity index (χ4v) is 1.76. The first-order valence-electron chi connectivity index (χ1n) is 4.82. The predicted molar refractivity (Wildman–Crippen MR) is 52.6 cm³/mol. The molecule has 1 aliphatic rings. The lowest BCUT2D eigenvalue weighted by atomic mass is 10.1. The van der Waals surface area contributed by atoms with Crippen molar-refractivity contribution in [1.29, 1.82) is 0 Å². The first kappa shape index (κ1) is 10.5. The van der Waals surface area contributed by atoms with Gasteiger partial charge in [-0.15, -0.1) is 0 Å². The minimum absolute atomic E-state index is 0.140. The van der Waals surface area contributed by atoms with Gasteiger partial charge >= 0.3 is 0 Å². The van der Waals surface area contributed by atoms with Crippen LogP contribution in [0.15, 0.2) is 0 Å². The second-order valence-electron chi connectivity index (χ2n) is 3.73. The number of nitrogens with one attached hydrogen (secondary N) is 2. The van der Waals surface area contributed by atoms with Gasteiger partial charge in [-0.05, 0) is 20.9 Å². The Labute approximate surface area is 79.7 Å². The van der Waals surface area contributed by atoms with Crippen molar-refractivity contribution in [3.05, 3.63) is 0 Å². The average molecular weight is 185 g/mol. The number of likely N-dealkylation sites (N-methyl/N-ethyl adjacent to an activating group) is 1. The summed E-state index contributed by atoms with van der Waals surface area (Å²) in [5.41, 5.74) is 0. The predicted octanol–water partition coefficient (Wildman–Crippen LogP) is -0.585. The van der Waals surface area contributed by atoms with E-state index in [2.05, 4.69) is 29.4 Å². The lowest BCUT2D eigenvalue weighted by Crippen LogP contribution is -2.57. The quantitative estimate of drug-likeness (QED) is 0.618. The highest BCUT2D eigenvalue weighted by Crippen LogP contribution is 2.07. The van der Waals surface area contributed by atoms with Crippen LogP contribution < -0.4 is 10.6 Å². The number of amides is 1. The van der Waals surface area contributed by atoms with Crippen molar-refractivity contribution >= 4 is 5.91 Å². The fourth-order valence-electron chi connectivity index (χ4n) is 1.76. The summed E-state index contributed by atoms with van der Waals surface area (Å²) in [6.07, 6.45) is 0. The highest BCUT2D eigenvalue weighted by molar-refractivity contribution is 5.78. The van der Waals surface area contributed by atoms with Crippen molar-refractivity contribution in [2.75, 3.05) is 26.7 Å². The molecule has 1 heterocycles. The Morgan fingerprint density at radius 1 is 1.77 bits per heavy atom. The van der Waals surface area contributed by atoms with Crippen LogP contribution in [0, 0.1) is 0 Å². The smallest absolute Gasteiger partial charge is 0.234 e. The third-order valence-electron chi connectivity index (χ3n) is 2.55. The van der Waals surface area contributed by atoms with Gasteiger partial charge in [0.15, 0.2) is 0 Å². The molecule has 0 aromatic heterocycles. The summed E-state index contributed by atoms with van der Waals surface area (Å²) >= 11 is 0. The van der Waals surface area contributed by atoms with Crippen LogP contribution >= 0.6 is 0 Å². The van der Waals surface area contributed by atoms with Crippen LogP contribution in [0.5, 0.6) is 0 Å². The van der Waals surface area contributed by atoms with Crippen LogP contribution in [0.25, 0.3) is 0 Å². The summed E-state index contributed by atoms with van der Waals surface area (Å²) in [6, 6.07) is 0.868. The average Bonchev–Trinajstić information content (AvgIpc) is 2.09. The molecule has 4 nitrogen and oxygen atoms in total. The van der Waals surface area contributed by atoms with Gasteiger partial charge in [-0.1, -0.05) is 0 Å². The zero-order valence-electron chi connectivity index (χ0n) is 8.63. The molecule has 2 N–H and O–H groups in total. The normalized spacial score (nSPS) is 27.0. The minimum Gasteiger partial charge on any atom is -0.353 e. The van der Waals surface area contributed by atoms with E-state index in [4.69, 9.17) is 0 Å². The van der Waals surface area contributed by atoms with Crippen molar-refractivity contribution in [2.24, 2.45) is 0 Å². The van der Waals surface area contributed by atoms with Gasteiger partial charge in [-0.2, -0.15) is 0 Å². The fraction of sp³-hybridized carbons (Fsp3) is 0.889. The molecule has 0 radical (unpaired) electrons. The van der Waals surface area contributed by atoms with E-state index in [-0.39, 0.29) is 5.91 Å². The summed E-state index contributed by atoms with van der Waals surface area (Å²) < 4.78 is 0. The number of carbonyl (C=O) groups is 1. The monoisotopic (exact) mass is 185 g/mol. The SMILES string of the molecule is CNCC(C)N1CC(=O)NCC1C. The maximum atomic E-state index is 11.2. The van der Waals surface area contributed by atoms with Crippen molar-refractivity contribution < 1.29 is 4.79 Å². The summed E-state index contributed by atoms with van der Waals surface area (Å²) in [6.45, 7) is 6.52. The summed E-state index contributed by atoms with van der Waals surface area (Å²) in [4.78, 5) is 13.4. The standard InChI is InChI=1S/C9H19N3O/c1-7(4-10-3)12-6-9(13)11-5-8(12)2/h7-8,10H,4-6H2,1-3H3,(H,11,13). The van der Waals surface area contributed by atoms with Gasteiger partial charge in [0.05, 0.1) is 6.54 Å². The zero-order chi connectivity index (χ0) is 9.84. The lowest BCUT2D eigenvalue weighted by Gasteiger charge is -2.37. The van der Waals surface area contributed by atoms with Gasteiger partial charge in [0, 0.05) is 25.2 Å². The summed E-state index contributed by atoms with van der Waals surface area (Å²) in [5, 5.41) is 5.98. The van der Waals surface area contributed by atoms with E-state index < -0.39 is 0 Å². The minimum atomic E-state index is 0.140. The molecule has 0 spiro atoms. The molecular formula is C9H19N3O. The molecule has 13 heavy (non-hydrogen) atoms. The molecule has 2 unspecified atom stereocenters. The van der Waals surface area contributed by atoms with Gasteiger partial charge in [-0.3, -0.25) is 9.69 Å². The second kappa shape index (κ2) is 4.58. The zero-order valence-corrected chi connectivity index (χ0v) is 8.63. The molecule has 1 saturated heterocycles. The van der Waals surface area contributed by atoms with E-state index in [1.807, 2.05) is 7.05 Å². The van der Waals surface area contributed by atoms with Crippen LogP contribution in [0.4, 0.5) is 0 Å². The number of rotatable bonds is 3. The maximum absolute atomic E-state index is 11.2. The molecule has 0 aromatic rings. The third kappa shape index (κ3) is 2.67. The highest BCUT2D eigenvalue weighted by atomic mass is 16.2. The van der Waals surface area contributed by atoms with Crippen LogP contribution in [0.2, 0.25) is 0 Å². The first-order chi connectivity index (χ1) is 6.15. The molecule has 76 valence electrons. The number of nitrogens with zero attached hydrogens (tertiary/aromatic N) is 1. The molecule has 4 heteroatoms. The van der Waals surface area contributed by atoms with E-state index in [1.54, 1.807) is 0 Å². The van der Waals surface area contributed by atoms with Gasteiger partial charge in [0.1, 0.15) is 0 Å². The van der Waals surface area contributed by atoms with E-state index >= 15 is 0 Å². The molecule has 1 rings (SSSR count).